The van der Waals surface area contributed by atoms with E-state index in [1.54, 1.807) is 18.2 Å². The second kappa shape index (κ2) is 12.0. The van der Waals surface area contributed by atoms with E-state index in [4.69, 9.17) is 22.1 Å². The Morgan fingerprint density at radius 2 is 1.92 bits per heavy atom. The lowest BCUT2D eigenvalue weighted by Gasteiger charge is -2.17. The summed E-state index contributed by atoms with van der Waals surface area (Å²) in [6.07, 6.45) is 9.04. The van der Waals surface area contributed by atoms with Crippen LogP contribution >= 0.6 is 24.0 Å². The third-order valence-electron chi connectivity index (χ3n) is 4.29. The molecule has 1 aliphatic carbocycles. The molecule has 3 N–H and O–H groups in total. The van der Waals surface area contributed by atoms with Crippen molar-refractivity contribution in [3.63, 3.8) is 0 Å². The van der Waals surface area contributed by atoms with Gasteiger partial charge in [0, 0.05) is 5.02 Å². The van der Waals surface area contributed by atoms with Crippen LogP contribution in [-0.4, -0.2) is 24.5 Å². The topological polar surface area (TPSA) is 76.7 Å². The molecule has 0 spiro atoms. The first-order valence-electron chi connectivity index (χ1n) is 9.17. The van der Waals surface area contributed by atoms with Crippen molar-refractivity contribution in [2.24, 2.45) is 10.7 Å². The zero-order valence-corrected chi connectivity index (χ0v) is 16.9. The Hall–Kier alpha value is -1.46. The third-order valence-corrected chi connectivity index (χ3v) is 4.52. The average molecular weight is 402 g/mol. The van der Waals surface area contributed by atoms with Crippen molar-refractivity contribution in [1.29, 1.82) is 0 Å². The Kier molecular flexibility index (Phi) is 10.4. The van der Waals surface area contributed by atoms with E-state index >= 15 is 0 Å². The minimum atomic E-state index is -0.347. The van der Waals surface area contributed by atoms with Crippen LogP contribution < -0.4 is 15.8 Å². The van der Waals surface area contributed by atoms with Crippen molar-refractivity contribution in [2.45, 2.75) is 64.3 Å². The SMILES string of the molecule is CCCOc1ccc(Cl)cc1C(=O)NC(N)=NC1CCCCCCC1.Cl. The van der Waals surface area contributed by atoms with E-state index in [1.807, 2.05) is 6.92 Å². The van der Waals surface area contributed by atoms with Crippen LogP contribution in [0.25, 0.3) is 0 Å². The van der Waals surface area contributed by atoms with E-state index in [2.05, 4.69) is 10.3 Å². The molecule has 0 bridgehead atoms. The molecule has 0 aromatic heterocycles. The van der Waals surface area contributed by atoms with Crippen molar-refractivity contribution < 1.29 is 9.53 Å². The number of nitrogens with zero attached hydrogens (tertiary/aromatic N) is 1. The molecule has 26 heavy (non-hydrogen) atoms. The highest BCUT2D eigenvalue weighted by Crippen LogP contribution is 2.23. The maximum Gasteiger partial charge on any atom is 0.261 e. The summed E-state index contributed by atoms with van der Waals surface area (Å²) in [6.45, 7) is 2.54. The molecule has 1 aromatic carbocycles. The van der Waals surface area contributed by atoms with Gasteiger partial charge < -0.3 is 10.5 Å². The molecule has 0 atom stereocenters. The fraction of sp³-hybridized carbons (Fsp3) is 0.579. The number of hydrogen-bond donors (Lipinski definition) is 2. The van der Waals surface area contributed by atoms with Gasteiger partial charge in [-0.1, -0.05) is 50.6 Å². The molecule has 5 nitrogen and oxygen atoms in total. The van der Waals surface area contributed by atoms with E-state index < -0.39 is 0 Å². The maximum absolute atomic E-state index is 12.5. The average Bonchev–Trinajstić information content (AvgIpc) is 2.56. The Morgan fingerprint density at radius 3 is 2.58 bits per heavy atom. The van der Waals surface area contributed by atoms with Crippen LogP contribution in [0.2, 0.25) is 5.02 Å². The van der Waals surface area contributed by atoms with Gasteiger partial charge in [0.25, 0.3) is 5.91 Å². The van der Waals surface area contributed by atoms with Gasteiger partial charge in [-0.25, -0.2) is 4.99 Å². The van der Waals surface area contributed by atoms with Gasteiger partial charge in [-0.15, -0.1) is 12.4 Å². The number of halogens is 2. The van der Waals surface area contributed by atoms with Crippen LogP contribution in [0.5, 0.6) is 5.75 Å². The largest absolute Gasteiger partial charge is 0.493 e. The van der Waals surface area contributed by atoms with Crippen LogP contribution in [0.1, 0.15) is 68.6 Å². The van der Waals surface area contributed by atoms with E-state index in [0.29, 0.717) is 22.9 Å². The first kappa shape index (κ1) is 22.6. The summed E-state index contributed by atoms with van der Waals surface area (Å²) >= 11 is 6.02. The van der Waals surface area contributed by atoms with Crippen molar-refractivity contribution >= 4 is 35.9 Å². The standard InChI is InChI=1S/C19H28ClN3O2.ClH/c1-2-12-25-17-11-10-14(20)13-16(17)18(24)23-19(21)22-15-8-6-4-3-5-7-9-15;/h10-11,13,15H,2-9,12H2,1H3,(H3,21,22,23,24);1H. The molecule has 2 rings (SSSR count). The zero-order valence-electron chi connectivity index (χ0n) is 15.3. The highest BCUT2D eigenvalue weighted by Gasteiger charge is 2.16. The number of rotatable bonds is 5. The molecule has 7 heteroatoms. The van der Waals surface area contributed by atoms with Gasteiger partial charge in [-0.2, -0.15) is 0 Å². The predicted molar refractivity (Wildman–Crippen MR) is 110 cm³/mol. The summed E-state index contributed by atoms with van der Waals surface area (Å²) in [4.78, 5) is 17.1. The number of aliphatic imine (C=N–C) groups is 1. The summed E-state index contributed by atoms with van der Waals surface area (Å²) in [5.41, 5.74) is 6.34. The van der Waals surface area contributed by atoms with Gasteiger partial charge in [-0.05, 0) is 37.5 Å². The molecule has 0 aliphatic heterocycles. The van der Waals surface area contributed by atoms with E-state index in [9.17, 15) is 4.79 Å². The molecule has 0 unspecified atom stereocenters. The monoisotopic (exact) mass is 401 g/mol. The molecule has 0 saturated heterocycles. The first-order chi connectivity index (χ1) is 12.1. The number of guanidine groups is 1. The van der Waals surface area contributed by atoms with Crippen molar-refractivity contribution in [2.75, 3.05) is 6.61 Å². The molecular weight excluding hydrogens is 373 g/mol. The normalized spacial score (nSPS) is 16.2. The van der Waals surface area contributed by atoms with Crippen LogP contribution in [0.4, 0.5) is 0 Å². The maximum atomic E-state index is 12.5. The van der Waals surface area contributed by atoms with Crippen LogP contribution in [0, 0.1) is 0 Å². The summed E-state index contributed by atoms with van der Waals surface area (Å²) in [7, 11) is 0. The number of hydrogen-bond acceptors (Lipinski definition) is 3. The molecule has 1 saturated carbocycles. The van der Waals surface area contributed by atoms with Crippen LogP contribution in [0.3, 0.4) is 0 Å². The van der Waals surface area contributed by atoms with Gasteiger partial charge in [0.2, 0.25) is 0 Å². The molecule has 1 aromatic rings. The van der Waals surface area contributed by atoms with Crippen molar-refractivity contribution in [3.8, 4) is 5.75 Å². The van der Waals surface area contributed by atoms with Gasteiger partial charge in [-0.3, -0.25) is 10.1 Å². The molecule has 1 fully saturated rings. The summed E-state index contributed by atoms with van der Waals surface area (Å²) in [5.74, 6) is 0.320. The minimum absolute atomic E-state index is 0. The van der Waals surface area contributed by atoms with Crippen molar-refractivity contribution in [3.05, 3.63) is 28.8 Å². The lowest BCUT2D eigenvalue weighted by atomic mass is 9.97. The van der Waals surface area contributed by atoms with E-state index in [-0.39, 0.29) is 30.3 Å². The van der Waals surface area contributed by atoms with Gasteiger partial charge in [0.05, 0.1) is 18.2 Å². The fourth-order valence-electron chi connectivity index (χ4n) is 2.99. The van der Waals surface area contributed by atoms with Gasteiger partial charge in [0.15, 0.2) is 5.96 Å². The Bertz CT molecular complexity index is 600. The lowest BCUT2D eigenvalue weighted by Crippen LogP contribution is -2.38. The molecule has 0 radical (unpaired) electrons. The molecule has 0 heterocycles. The van der Waals surface area contributed by atoms with Gasteiger partial charge in [0.1, 0.15) is 5.75 Å². The third kappa shape index (κ3) is 7.42. The minimum Gasteiger partial charge on any atom is -0.493 e. The zero-order chi connectivity index (χ0) is 18.1. The molecule has 146 valence electrons. The summed E-state index contributed by atoms with van der Waals surface area (Å²) in [5, 5.41) is 3.15. The van der Waals surface area contributed by atoms with Crippen molar-refractivity contribution in [1.82, 2.24) is 5.32 Å². The number of carbonyl (C=O) groups is 1. The van der Waals surface area contributed by atoms with Gasteiger partial charge >= 0.3 is 0 Å². The number of amides is 1. The lowest BCUT2D eigenvalue weighted by molar-refractivity contribution is 0.0972. The molecule has 1 aliphatic rings. The first-order valence-corrected chi connectivity index (χ1v) is 9.55. The predicted octanol–water partition coefficient (Wildman–Crippen LogP) is 4.71. The highest BCUT2D eigenvalue weighted by atomic mass is 35.5. The van der Waals surface area contributed by atoms with E-state index in [0.717, 1.165) is 19.3 Å². The number of nitrogens with two attached hydrogens (primary N) is 1. The Labute approximate surface area is 167 Å². The molecule has 1 amide bonds. The smallest absolute Gasteiger partial charge is 0.261 e. The van der Waals surface area contributed by atoms with Crippen LogP contribution in [0.15, 0.2) is 23.2 Å². The number of ether oxygens (including phenoxy) is 1. The second-order valence-corrected chi connectivity index (χ2v) is 6.89. The van der Waals surface area contributed by atoms with Crippen LogP contribution in [-0.2, 0) is 0 Å². The fourth-order valence-corrected chi connectivity index (χ4v) is 3.17. The Morgan fingerprint density at radius 1 is 1.27 bits per heavy atom. The molecular formula is C19H29Cl2N3O2. The van der Waals surface area contributed by atoms with E-state index in [1.165, 1.54) is 32.1 Å². The summed E-state index contributed by atoms with van der Waals surface area (Å²) in [6, 6.07) is 5.19. The second-order valence-electron chi connectivity index (χ2n) is 6.46. The number of carbonyl (C=O) groups excluding carboxylic acids is 1. The number of nitrogens with one attached hydrogen (secondary N) is 1. The summed E-state index contributed by atoms with van der Waals surface area (Å²) < 4.78 is 5.62. The quantitative estimate of drug-likeness (QED) is 0.553. The number of benzene rings is 1. The highest BCUT2D eigenvalue weighted by molar-refractivity contribution is 6.31. The Balaban J connectivity index is 0.00000338.